The van der Waals surface area contributed by atoms with Crippen LogP contribution in [0.1, 0.15) is 33.0 Å². The highest BCUT2D eigenvalue weighted by Crippen LogP contribution is 2.39. The van der Waals surface area contributed by atoms with Crippen molar-refractivity contribution < 1.29 is 19.1 Å². The molecule has 0 saturated carbocycles. The summed E-state index contributed by atoms with van der Waals surface area (Å²) >= 11 is 0. The maximum absolute atomic E-state index is 13.4. The normalized spacial score (nSPS) is 14.9. The van der Waals surface area contributed by atoms with E-state index in [1.54, 1.807) is 30.3 Å². The molecule has 0 saturated heterocycles. The lowest BCUT2D eigenvalue weighted by Crippen LogP contribution is -2.27. The van der Waals surface area contributed by atoms with Crippen LogP contribution in [-0.2, 0) is 4.79 Å². The van der Waals surface area contributed by atoms with Crippen molar-refractivity contribution in [2.45, 2.75) is 5.92 Å². The van der Waals surface area contributed by atoms with Crippen LogP contribution in [0, 0.1) is 5.82 Å². The molecular weight excluding hydrogens is 343 g/mol. The molecule has 0 unspecified atom stereocenters. The van der Waals surface area contributed by atoms with Gasteiger partial charge in [0.1, 0.15) is 11.6 Å². The van der Waals surface area contributed by atoms with Gasteiger partial charge in [0, 0.05) is 17.0 Å². The van der Waals surface area contributed by atoms with Crippen molar-refractivity contribution in [3.63, 3.8) is 0 Å². The Morgan fingerprint density at radius 2 is 1.22 bits per heavy atom. The largest absolute Gasteiger partial charge is 0.507 e. The molecule has 1 atom stereocenters. The number of ketones is 2. The maximum Gasteiger partial charge on any atom is 0.234 e. The fraction of sp³-hybridized carbons (Fsp3) is 0.0435. The van der Waals surface area contributed by atoms with E-state index in [0.717, 1.165) is 5.56 Å². The van der Waals surface area contributed by atoms with Crippen LogP contribution in [0.25, 0.3) is 5.76 Å². The van der Waals surface area contributed by atoms with Crippen LogP contribution in [0.2, 0.25) is 0 Å². The molecule has 0 bridgehead atoms. The Morgan fingerprint density at radius 1 is 0.667 bits per heavy atom. The Hall–Kier alpha value is -3.53. The predicted octanol–water partition coefficient (Wildman–Crippen LogP) is 4.69. The van der Waals surface area contributed by atoms with Crippen LogP contribution in [0.4, 0.5) is 4.39 Å². The molecule has 3 nitrogen and oxygen atoms in total. The van der Waals surface area contributed by atoms with Crippen LogP contribution < -0.4 is 0 Å². The minimum Gasteiger partial charge on any atom is -0.507 e. The Balaban J connectivity index is 1.99. The third-order valence-corrected chi connectivity index (χ3v) is 4.76. The van der Waals surface area contributed by atoms with E-state index in [9.17, 15) is 19.1 Å². The SMILES string of the molecule is O=C1C(=O)c2ccccc2C(O)=C1[C@H](c1ccccc1)c1ccc(F)cc1. The molecule has 1 aliphatic rings. The number of fused-ring (bicyclic) bond motifs is 1. The molecule has 0 amide bonds. The van der Waals surface area contributed by atoms with Crippen LogP contribution in [-0.4, -0.2) is 16.7 Å². The van der Waals surface area contributed by atoms with Crippen molar-refractivity contribution in [3.8, 4) is 0 Å². The van der Waals surface area contributed by atoms with Gasteiger partial charge in [-0.2, -0.15) is 0 Å². The van der Waals surface area contributed by atoms with Gasteiger partial charge < -0.3 is 5.11 Å². The van der Waals surface area contributed by atoms with Gasteiger partial charge in [-0.05, 0) is 23.3 Å². The average molecular weight is 358 g/mol. The number of rotatable bonds is 3. The smallest absolute Gasteiger partial charge is 0.234 e. The summed E-state index contributed by atoms with van der Waals surface area (Å²) in [6, 6.07) is 21.3. The van der Waals surface area contributed by atoms with Crippen LogP contribution in [0.15, 0.2) is 84.4 Å². The fourth-order valence-corrected chi connectivity index (χ4v) is 3.48. The van der Waals surface area contributed by atoms with Crippen molar-refractivity contribution in [1.82, 2.24) is 0 Å². The number of hydrogen-bond donors (Lipinski definition) is 1. The summed E-state index contributed by atoms with van der Waals surface area (Å²) in [6.07, 6.45) is 0. The summed E-state index contributed by atoms with van der Waals surface area (Å²) in [7, 11) is 0. The lowest BCUT2D eigenvalue weighted by molar-refractivity contribution is -0.112. The molecule has 0 aromatic heterocycles. The standard InChI is InChI=1S/C23H15FO3/c24-16-12-10-15(11-13-16)19(14-6-2-1-3-7-14)20-21(25)17-8-4-5-9-18(17)22(26)23(20)27/h1-13,19,25H/t19-/m1/s1. The van der Waals surface area contributed by atoms with Crippen molar-refractivity contribution in [2.75, 3.05) is 0 Å². The highest BCUT2D eigenvalue weighted by atomic mass is 19.1. The summed E-state index contributed by atoms with van der Waals surface area (Å²) in [4.78, 5) is 25.6. The molecular formula is C23H15FO3. The van der Waals surface area contributed by atoms with Gasteiger partial charge in [0.15, 0.2) is 0 Å². The van der Waals surface area contributed by atoms with E-state index in [1.165, 1.54) is 18.2 Å². The summed E-state index contributed by atoms with van der Waals surface area (Å²) in [5.41, 5.74) is 1.88. The summed E-state index contributed by atoms with van der Waals surface area (Å²) in [5, 5.41) is 10.9. The number of allylic oxidation sites excluding steroid dienone is 1. The second-order valence-corrected chi connectivity index (χ2v) is 6.36. The third-order valence-electron chi connectivity index (χ3n) is 4.76. The lowest BCUT2D eigenvalue weighted by atomic mass is 9.76. The van der Waals surface area contributed by atoms with Crippen molar-refractivity contribution in [1.29, 1.82) is 0 Å². The van der Waals surface area contributed by atoms with E-state index >= 15 is 0 Å². The number of carbonyl (C=O) groups is 2. The first-order valence-electron chi connectivity index (χ1n) is 8.50. The van der Waals surface area contributed by atoms with E-state index in [0.29, 0.717) is 11.1 Å². The van der Waals surface area contributed by atoms with E-state index in [-0.39, 0.29) is 16.9 Å². The van der Waals surface area contributed by atoms with Gasteiger partial charge in [0.2, 0.25) is 11.6 Å². The highest BCUT2D eigenvalue weighted by molar-refractivity contribution is 6.52. The summed E-state index contributed by atoms with van der Waals surface area (Å²) in [6.45, 7) is 0. The quantitative estimate of drug-likeness (QED) is 0.691. The zero-order valence-electron chi connectivity index (χ0n) is 14.2. The van der Waals surface area contributed by atoms with Gasteiger partial charge in [0.25, 0.3) is 0 Å². The monoisotopic (exact) mass is 358 g/mol. The van der Waals surface area contributed by atoms with Crippen molar-refractivity contribution in [2.24, 2.45) is 0 Å². The Labute approximate surface area is 155 Å². The Morgan fingerprint density at radius 3 is 1.89 bits per heavy atom. The number of Topliss-reactive ketones (excluding diaryl/α,β-unsaturated/α-hetero) is 2. The van der Waals surface area contributed by atoms with Crippen molar-refractivity contribution in [3.05, 3.63) is 113 Å². The summed E-state index contributed by atoms with van der Waals surface area (Å²) in [5.74, 6) is -2.70. The zero-order chi connectivity index (χ0) is 19.0. The number of benzene rings is 3. The van der Waals surface area contributed by atoms with Gasteiger partial charge >= 0.3 is 0 Å². The molecule has 4 heteroatoms. The fourth-order valence-electron chi connectivity index (χ4n) is 3.48. The molecule has 3 aromatic carbocycles. The molecule has 0 radical (unpaired) electrons. The van der Waals surface area contributed by atoms with E-state index in [2.05, 4.69) is 0 Å². The Bertz CT molecular complexity index is 1070. The summed E-state index contributed by atoms with van der Waals surface area (Å²) < 4.78 is 13.4. The maximum atomic E-state index is 13.4. The second kappa shape index (κ2) is 6.65. The molecule has 1 aliphatic carbocycles. The predicted molar refractivity (Wildman–Crippen MR) is 100 cm³/mol. The Kier molecular flexibility index (Phi) is 4.16. The molecule has 0 aliphatic heterocycles. The molecule has 3 aromatic rings. The molecule has 132 valence electrons. The molecule has 27 heavy (non-hydrogen) atoms. The minimum absolute atomic E-state index is 0.0107. The number of aliphatic hydroxyl groups is 1. The molecule has 1 N–H and O–H groups in total. The lowest BCUT2D eigenvalue weighted by Gasteiger charge is -2.25. The van der Waals surface area contributed by atoms with Gasteiger partial charge in [-0.15, -0.1) is 0 Å². The van der Waals surface area contributed by atoms with Gasteiger partial charge in [-0.1, -0.05) is 66.7 Å². The van der Waals surface area contributed by atoms with Gasteiger partial charge in [-0.3, -0.25) is 9.59 Å². The minimum atomic E-state index is -0.746. The molecule has 0 fully saturated rings. The average Bonchev–Trinajstić information content (AvgIpc) is 2.71. The highest BCUT2D eigenvalue weighted by Gasteiger charge is 2.37. The molecule has 0 spiro atoms. The molecule has 0 heterocycles. The number of halogens is 1. The van der Waals surface area contributed by atoms with Crippen LogP contribution in [0.5, 0.6) is 0 Å². The van der Waals surface area contributed by atoms with E-state index < -0.39 is 23.3 Å². The van der Waals surface area contributed by atoms with E-state index in [4.69, 9.17) is 0 Å². The third kappa shape index (κ3) is 2.85. The number of hydrogen-bond acceptors (Lipinski definition) is 3. The van der Waals surface area contributed by atoms with Gasteiger partial charge in [0.05, 0.1) is 5.57 Å². The first-order chi connectivity index (χ1) is 13.1. The van der Waals surface area contributed by atoms with E-state index in [1.807, 2.05) is 30.3 Å². The topological polar surface area (TPSA) is 54.4 Å². The first kappa shape index (κ1) is 16.9. The second-order valence-electron chi connectivity index (χ2n) is 6.36. The zero-order valence-corrected chi connectivity index (χ0v) is 14.2. The van der Waals surface area contributed by atoms with Gasteiger partial charge in [-0.25, -0.2) is 4.39 Å². The van der Waals surface area contributed by atoms with Crippen LogP contribution in [0.3, 0.4) is 0 Å². The van der Waals surface area contributed by atoms with Crippen molar-refractivity contribution >= 4 is 17.3 Å². The number of aliphatic hydroxyl groups excluding tert-OH is 1. The van der Waals surface area contributed by atoms with Crippen LogP contribution >= 0.6 is 0 Å². The first-order valence-corrected chi connectivity index (χ1v) is 8.50. The number of carbonyl (C=O) groups excluding carboxylic acids is 2. The molecule has 4 rings (SSSR count).